The predicted octanol–water partition coefficient (Wildman–Crippen LogP) is 4.75. The summed E-state index contributed by atoms with van der Waals surface area (Å²) in [5, 5.41) is 14.5. The maximum Gasteiger partial charge on any atom is 0.273 e. The summed E-state index contributed by atoms with van der Waals surface area (Å²) in [6.45, 7) is 8.20. The third kappa shape index (κ3) is 8.10. The molecule has 1 N–H and O–H groups in total. The maximum absolute atomic E-state index is 14.1. The van der Waals surface area contributed by atoms with Crippen LogP contribution >= 0.6 is 0 Å². The van der Waals surface area contributed by atoms with Crippen LogP contribution in [0.3, 0.4) is 0 Å². The average molecular weight is 611 g/mol. The van der Waals surface area contributed by atoms with Crippen LogP contribution in [0.4, 0.5) is 11.4 Å². The number of sulfonamides is 1. The summed E-state index contributed by atoms with van der Waals surface area (Å²) in [6, 6.07) is 16.1. The second kappa shape index (κ2) is 14.1. The molecule has 43 heavy (non-hydrogen) atoms. The monoisotopic (exact) mass is 610 g/mol. The van der Waals surface area contributed by atoms with Crippen LogP contribution in [0.2, 0.25) is 0 Å². The lowest BCUT2D eigenvalue weighted by Crippen LogP contribution is -2.52. The molecule has 0 aromatic heterocycles. The lowest BCUT2D eigenvalue weighted by atomic mass is 10.1. The van der Waals surface area contributed by atoms with E-state index < -0.39 is 33.4 Å². The highest BCUT2D eigenvalue weighted by molar-refractivity contribution is 7.92. The number of benzene rings is 3. The second-order valence-corrected chi connectivity index (χ2v) is 12.3. The van der Waals surface area contributed by atoms with Gasteiger partial charge >= 0.3 is 0 Å². The molecule has 11 nitrogen and oxygen atoms in total. The Hall–Kier alpha value is -4.45. The molecule has 0 heterocycles. The zero-order chi connectivity index (χ0) is 31.9. The van der Waals surface area contributed by atoms with Gasteiger partial charge in [0.2, 0.25) is 11.8 Å². The van der Waals surface area contributed by atoms with Gasteiger partial charge in [0.05, 0.1) is 22.6 Å². The summed E-state index contributed by atoms with van der Waals surface area (Å²) in [6.07, 6.45) is 0.691. The fourth-order valence-electron chi connectivity index (χ4n) is 4.41. The van der Waals surface area contributed by atoms with E-state index in [-0.39, 0.29) is 34.8 Å². The summed E-state index contributed by atoms with van der Waals surface area (Å²) in [7, 11) is -3.02. The normalized spacial score (nSPS) is 12.6. The number of ether oxygens (including phenoxy) is 1. The van der Waals surface area contributed by atoms with E-state index in [1.165, 1.54) is 43.2 Å². The van der Waals surface area contributed by atoms with Gasteiger partial charge in [-0.15, -0.1) is 0 Å². The van der Waals surface area contributed by atoms with Crippen LogP contribution in [0.1, 0.15) is 43.9 Å². The molecule has 0 aliphatic rings. The van der Waals surface area contributed by atoms with E-state index in [1.54, 1.807) is 19.1 Å². The number of nitrogens with zero attached hydrogens (tertiary/aromatic N) is 3. The number of methoxy groups -OCH3 is 1. The number of nitro benzene ring substituents is 1. The Morgan fingerprint density at radius 3 is 2.28 bits per heavy atom. The summed E-state index contributed by atoms with van der Waals surface area (Å²) in [4.78, 5) is 39.2. The molecular formula is C31H38N4O7S. The predicted molar refractivity (Wildman–Crippen MR) is 164 cm³/mol. The van der Waals surface area contributed by atoms with Gasteiger partial charge in [0.25, 0.3) is 15.7 Å². The SMILES string of the molecule is CC[C@H](C)NC(=O)[C@@H](C)N(Cc1cccc(C)c1)C(=O)CN(c1ccc(OC)cc1)S(=O)(=O)c1ccc(C)c([N+](=O)[O-])c1. The Balaban J connectivity index is 2.09. The smallest absolute Gasteiger partial charge is 0.273 e. The first-order valence-corrected chi connectivity index (χ1v) is 15.3. The molecular weight excluding hydrogens is 572 g/mol. The minimum atomic E-state index is -4.48. The van der Waals surface area contributed by atoms with Gasteiger partial charge in [0.1, 0.15) is 18.3 Å². The first-order chi connectivity index (χ1) is 20.3. The number of hydrogen-bond acceptors (Lipinski definition) is 7. The third-order valence-electron chi connectivity index (χ3n) is 7.21. The number of nitro groups is 1. The zero-order valence-corrected chi connectivity index (χ0v) is 26.1. The molecule has 0 spiro atoms. The molecule has 0 bridgehead atoms. The van der Waals surface area contributed by atoms with E-state index in [1.807, 2.05) is 45.0 Å². The van der Waals surface area contributed by atoms with E-state index in [4.69, 9.17) is 4.74 Å². The zero-order valence-electron chi connectivity index (χ0n) is 25.2. The van der Waals surface area contributed by atoms with Crippen molar-refractivity contribution in [2.24, 2.45) is 0 Å². The summed E-state index contributed by atoms with van der Waals surface area (Å²) in [5.74, 6) is -0.535. The number of nitrogens with one attached hydrogen (secondary N) is 1. The topological polar surface area (TPSA) is 139 Å². The first-order valence-electron chi connectivity index (χ1n) is 13.9. The van der Waals surface area contributed by atoms with Crippen molar-refractivity contribution < 1.29 is 27.7 Å². The summed E-state index contributed by atoms with van der Waals surface area (Å²) >= 11 is 0. The molecule has 0 saturated carbocycles. The van der Waals surface area contributed by atoms with Crippen LogP contribution < -0.4 is 14.4 Å². The van der Waals surface area contributed by atoms with Gasteiger partial charge in [-0.05, 0) is 70.0 Å². The molecule has 0 saturated heterocycles. The van der Waals surface area contributed by atoms with Crippen molar-refractivity contribution >= 4 is 33.2 Å². The molecule has 3 aromatic rings. The largest absolute Gasteiger partial charge is 0.497 e. The first kappa shape index (κ1) is 33.1. The molecule has 230 valence electrons. The maximum atomic E-state index is 14.1. The van der Waals surface area contributed by atoms with E-state index in [0.29, 0.717) is 17.7 Å². The summed E-state index contributed by atoms with van der Waals surface area (Å²) < 4.78 is 34.2. The van der Waals surface area contributed by atoms with Gasteiger partial charge in [-0.25, -0.2) is 8.42 Å². The van der Waals surface area contributed by atoms with Crippen molar-refractivity contribution in [2.45, 2.75) is 64.6 Å². The highest BCUT2D eigenvalue weighted by atomic mass is 32.2. The quantitative estimate of drug-likeness (QED) is 0.218. The number of aryl methyl sites for hydroxylation is 2. The van der Waals surface area contributed by atoms with Crippen LogP contribution in [-0.2, 0) is 26.2 Å². The Morgan fingerprint density at radius 2 is 1.70 bits per heavy atom. The van der Waals surface area contributed by atoms with Crippen LogP contribution in [0.15, 0.2) is 71.6 Å². The number of carbonyl (C=O) groups excluding carboxylic acids is 2. The average Bonchev–Trinajstić information content (AvgIpc) is 2.98. The Kier molecular flexibility index (Phi) is 10.9. The molecule has 0 radical (unpaired) electrons. The van der Waals surface area contributed by atoms with Gasteiger partial charge in [-0.1, -0.05) is 42.8 Å². The van der Waals surface area contributed by atoms with E-state index in [9.17, 15) is 28.1 Å². The van der Waals surface area contributed by atoms with Crippen molar-refractivity contribution in [3.05, 3.63) is 93.5 Å². The summed E-state index contributed by atoms with van der Waals surface area (Å²) in [5.41, 5.74) is 1.80. The van der Waals surface area contributed by atoms with Crippen LogP contribution in [0.5, 0.6) is 5.75 Å². The second-order valence-electron chi connectivity index (χ2n) is 10.4. The highest BCUT2D eigenvalue weighted by Gasteiger charge is 2.33. The van der Waals surface area contributed by atoms with Crippen molar-refractivity contribution in [3.8, 4) is 5.75 Å². The third-order valence-corrected chi connectivity index (χ3v) is 8.98. The van der Waals surface area contributed by atoms with Crippen molar-refractivity contribution in [1.29, 1.82) is 0 Å². The Bertz CT molecular complexity index is 1580. The van der Waals surface area contributed by atoms with Gasteiger partial charge in [-0.3, -0.25) is 24.0 Å². The Labute approximate surface area is 252 Å². The number of carbonyl (C=O) groups is 2. The molecule has 0 unspecified atom stereocenters. The molecule has 3 rings (SSSR count). The van der Waals surface area contributed by atoms with Gasteiger partial charge < -0.3 is 15.0 Å². The standard InChI is InChI=1S/C31H38N4O7S/c1-7-23(4)32-31(37)24(5)33(19-25-10-8-9-21(2)17-25)30(36)20-34(26-12-14-27(42-6)15-13-26)43(40,41)28-16-11-22(3)29(18-28)35(38)39/h8-18,23-24H,7,19-20H2,1-6H3,(H,32,37)/t23-,24+/m0/s1. The van der Waals surface area contributed by atoms with Crippen LogP contribution in [0.25, 0.3) is 0 Å². The molecule has 0 aliphatic carbocycles. The molecule has 12 heteroatoms. The lowest BCUT2D eigenvalue weighted by Gasteiger charge is -2.32. The van der Waals surface area contributed by atoms with Crippen LogP contribution in [-0.4, -0.2) is 55.8 Å². The number of amides is 2. The minimum Gasteiger partial charge on any atom is -0.497 e. The number of anilines is 1. The van der Waals surface area contributed by atoms with Gasteiger partial charge in [-0.2, -0.15) is 0 Å². The van der Waals surface area contributed by atoms with Gasteiger partial charge in [0, 0.05) is 24.2 Å². The van der Waals surface area contributed by atoms with E-state index >= 15 is 0 Å². The van der Waals surface area contributed by atoms with Crippen molar-refractivity contribution in [1.82, 2.24) is 10.2 Å². The Morgan fingerprint density at radius 1 is 1.02 bits per heavy atom. The van der Waals surface area contributed by atoms with Crippen LogP contribution in [0, 0.1) is 24.0 Å². The molecule has 3 aromatic carbocycles. The number of hydrogen-bond donors (Lipinski definition) is 1. The van der Waals surface area contributed by atoms with Crippen molar-refractivity contribution in [3.63, 3.8) is 0 Å². The highest BCUT2D eigenvalue weighted by Crippen LogP contribution is 2.29. The fraction of sp³-hybridized carbons (Fsp3) is 0.355. The van der Waals surface area contributed by atoms with E-state index in [0.717, 1.165) is 21.5 Å². The molecule has 2 atom stereocenters. The molecule has 2 amide bonds. The van der Waals surface area contributed by atoms with Gasteiger partial charge in [0.15, 0.2) is 0 Å². The molecule has 0 aliphatic heterocycles. The fourth-order valence-corrected chi connectivity index (χ4v) is 5.84. The molecule has 0 fully saturated rings. The van der Waals surface area contributed by atoms with E-state index in [2.05, 4.69) is 5.32 Å². The minimum absolute atomic E-state index is 0.0576. The lowest BCUT2D eigenvalue weighted by molar-refractivity contribution is -0.385. The van der Waals surface area contributed by atoms with Crippen molar-refractivity contribution in [2.75, 3.05) is 18.0 Å². The number of rotatable bonds is 13.